The van der Waals surface area contributed by atoms with E-state index in [1.807, 2.05) is 17.9 Å². The number of hydrogen-bond donors (Lipinski definition) is 2. The lowest BCUT2D eigenvalue weighted by atomic mass is 9.78. The smallest absolute Gasteiger partial charge is 0.228 e. The average molecular weight is 299 g/mol. The highest BCUT2D eigenvalue weighted by molar-refractivity contribution is 5.85. The Balaban J connectivity index is 0.00000147. The van der Waals surface area contributed by atoms with Gasteiger partial charge in [0.05, 0.1) is 12.1 Å². The number of amides is 1. The largest absolute Gasteiger partial charge is 0.342 e. The number of aryl methyl sites for hydroxylation is 1. The predicted octanol–water partition coefficient (Wildman–Crippen LogP) is 1.28. The number of carbonyl (C=O) groups excluding carboxylic acids is 1. The maximum absolute atomic E-state index is 12.2. The Bertz CT molecular complexity index is 457. The SMILES string of the molecule is Cc1cc(CC(=O)N2CCC3(CCNC3)CC2)n[nH]1.Cl. The van der Waals surface area contributed by atoms with Crippen LogP contribution in [0.1, 0.15) is 30.7 Å². The summed E-state index contributed by atoms with van der Waals surface area (Å²) >= 11 is 0. The van der Waals surface area contributed by atoms with Gasteiger partial charge >= 0.3 is 0 Å². The number of rotatable bonds is 2. The maximum Gasteiger partial charge on any atom is 0.228 e. The monoisotopic (exact) mass is 298 g/mol. The van der Waals surface area contributed by atoms with Gasteiger partial charge in [-0.2, -0.15) is 5.10 Å². The minimum Gasteiger partial charge on any atom is -0.342 e. The van der Waals surface area contributed by atoms with Crippen molar-refractivity contribution in [3.05, 3.63) is 17.5 Å². The van der Waals surface area contributed by atoms with Crippen molar-refractivity contribution in [2.24, 2.45) is 5.41 Å². The van der Waals surface area contributed by atoms with Crippen LogP contribution in [0.2, 0.25) is 0 Å². The van der Waals surface area contributed by atoms with Gasteiger partial charge in [0.25, 0.3) is 0 Å². The molecule has 20 heavy (non-hydrogen) atoms. The lowest BCUT2D eigenvalue weighted by Crippen LogP contribution is -2.44. The van der Waals surface area contributed by atoms with Crippen LogP contribution in [0.15, 0.2) is 6.07 Å². The van der Waals surface area contributed by atoms with Crippen molar-refractivity contribution in [2.45, 2.75) is 32.6 Å². The predicted molar refractivity (Wildman–Crippen MR) is 80.0 cm³/mol. The Morgan fingerprint density at radius 3 is 2.70 bits per heavy atom. The highest BCUT2D eigenvalue weighted by atomic mass is 35.5. The number of hydrogen-bond acceptors (Lipinski definition) is 3. The molecule has 1 aromatic heterocycles. The van der Waals surface area contributed by atoms with Gasteiger partial charge in [-0.1, -0.05) is 0 Å². The number of halogens is 1. The molecule has 0 saturated carbocycles. The molecule has 2 aliphatic rings. The molecule has 0 unspecified atom stereocenters. The molecule has 1 amide bonds. The van der Waals surface area contributed by atoms with Crippen LogP contribution in [-0.2, 0) is 11.2 Å². The number of carbonyl (C=O) groups is 1. The highest BCUT2D eigenvalue weighted by Crippen LogP contribution is 2.36. The van der Waals surface area contributed by atoms with Crippen LogP contribution in [0.4, 0.5) is 0 Å². The molecule has 0 aliphatic carbocycles. The molecule has 112 valence electrons. The fraction of sp³-hybridized carbons (Fsp3) is 0.714. The molecule has 5 nitrogen and oxygen atoms in total. The van der Waals surface area contributed by atoms with E-state index in [-0.39, 0.29) is 18.3 Å². The first-order valence-corrected chi connectivity index (χ1v) is 7.16. The number of likely N-dealkylation sites (tertiary alicyclic amines) is 1. The topological polar surface area (TPSA) is 61.0 Å². The molecule has 0 aromatic carbocycles. The molecule has 3 heterocycles. The Hall–Kier alpha value is -1.07. The van der Waals surface area contributed by atoms with E-state index in [1.54, 1.807) is 0 Å². The molecular weight excluding hydrogens is 276 g/mol. The molecule has 0 radical (unpaired) electrons. The van der Waals surface area contributed by atoms with Gasteiger partial charge in [0, 0.05) is 25.3 Å². The van der Waals surface area contributed by atoms with E-state index < -0.39 is 0 Å². The minimum atomic E-state index is 0. The summed E-state index contributed by atoms with van der Waals surface area (Å²) in [6.45, 7) is 6.04. The summed E-state index contributed by atoms with van der Waals surface area (Å²) in [6.07, 6.45) is 3.99. The summed E-state index contributed by atoms with van der Waals surface area (Å²) < 4.78 is 0. The number of H-pyrrole nitrogens is 1. The second kappa shape index (κ2) is 6.14. The Labute approximate surface area is 125 Å². The fourth-order valence-corrected chi connectivity index (χ4v) is 3.28. The van der Waals surface area contributed by atoms with Crippen LogP contribution < -0.4 is 5.32 Å². The maximum atomic E-state index is 12.2. The quantitative estimate of drug-likeness (QED) is 0.865. The minimum absolute atomic E-state index is 0. The van der Waals surface area contributed by atoms with Gasteiger partial charge in [0.15, 0.2) is 0 Å². The van der Waals surface area contributed by atoms with Gasteiger partial charge in [0.1, 0.15) is 0 Å². The molecule has 2 fully saturated rings. The van der Waals surface area contributed by atoms with Gasteiger partial charge < -0.3 is 10.2 Å². The van der Waals surface area contributed by atoms with Gasteiger partial charge in [-0.25, -0.2) is 0 Å². The number of aromatic amines is 1. The van der Waals surface area contributed by atoms with Crippen LogP contribution in [0.5, 0.6) is 0 Å². The average Bonchev–Trinajstić information content (AvgIpc) is 3.00. The summed E-state index contributed by atoms with van der Waals surface area (Å²) in [6, 6.07) is 1.95. The first-order chi connectivity index (χ1) is 9.17. The second-order valence-electron chi connectivity index (χ2n) is 6.03. The van der Waals surface area contributed by atoms with Crippen molar-refractivity contribution < 1.29 is 4.79 Å². The summed E-state index contributed by atoms with van der Waals surface area (Å²) in [5, 5.41) is 10.5. The van der Waals surface area contributed by atoms with Crippen LogP contribution in [0.25, 0.3) is 0 Å². The first kappa shape index (κ1) is 15.3. The van der Waals surface area contributed by atoms with E-state index in [1.165, 1.54) is 6.42 Å². The zero-order chi connectivity index (χ0) is 13.3. The Kier molecular flexibility index (Phi) is 4.70. The normalized spacial score (nSPS) is 20.9. The van der Waals surface area contributed by atoms with Gasteiger partial charge in [-0.3, -0.25) is 9.89 Å². The molecule has 1 aromatic rings. The van der Waals surface area contributed by atoms with Crippen molar-refractivity contribution >= 4 is 18.3 Å². The Morgan fingerprint density at radius 2 is 2.15 bits per heavy atom. The van der Waals surface area contributed by atoms with Crippen LogP contribution in [0, 0.1) is 12.3 Å². The van der Waals surface area contributed by atoms with Crippen molar-refractivity contribution in [3.8, 4) is 0 Å². The number of aromatic nitrogens is 2. The van der Waals surface area contributed by atoms with E-state index in [4.69, 9.17) is 0 Å². The number of piperidine rings is 1. The van der Waals surface area contributed by atoms with Crippen LogP contribution >= 0.6 is 12.4 Å². The molecule has 2 saturated heterocycles. The van der Waals surface area contributed by atoms with Crippen molar-refractivity contribution in [2.75, 3.05) is 26.2 Å². The molecule has 6 heteroatoms. The van der Waals surface area contributed by atoms with Crippen molar-refractivity contribution in [3.63, 3.8) is 0 Å². The van der Waals surface area contributed by atoms with Gasteiger partial charge in [-0.15, -0.1) is 12.4 Å². The van der Waals surface area contributed by atoms with E-state index in [0.717, 1.165) is 50.4 Å². The van der Waals surface area contributed by atoms with Crippen LogP contribution in [-0.4, -0.2) is 47.2 Å². The number of nitrogens with one attached hydrogen (secondary N) is 2. The molecule has 2 N–H and O–H groups in total. The molecule has 2 aliphatic heterocycles. The zero-order valence-electron chi connectivity index (χ0n) is 11.9. The first-order valence-electron chi connectivity index (χ1n) is 7.16. The molecular formula is C14H23ClN4O. The molecule has 3 rings (SSSR count). The van der Waals surface area contributed by atoms with Gasteiger partial charge in [-0.05, 0) is 44.2 Å². The molecule has 0 atom stereocenters. The van der Waals surface area contributed by atoms with E-state index >= 15 is 0 Å². The van der Waals surface area contributed by atoms with Gasteiger partial charge in [0.2, 0.25) is 5.91 Å². The molecule has 0 bridgehead atoms. The van der Waals surface area contributed by atoms with E-state index in [9.17, 15) is 4.79 Å². The van der Waals surface area contributed by atoms with E-state index in [0.29, 0.717) is 11.8 Å². The van der Waals surface area contributed by atoms with E-state index in [2.05, 4.69) is 15.5 Å². The zero-order valence-corrected chi connectivity index (χ0v) is 12.8. The van der Waals surface area contributed by atoms with Crippen molar-refractivity contribution in [1.82, 2.24) is 20.4 Å². The Morgan fingerprint density at radius 1 is 1.40 bits per heavy atom. The summed E-state index contributed by atoms with van der Waals surface area (Å²) in [5.41, 5.74) is 2.34. The number of nitrogens with zero attached hydrogens (tertiary/aromatic N) is 2. The molecule has 1 spiro atoms. The standard InChI is InChI=1S/C14H22N4O.ClH/c1-11-8-12(17-16-11)9-13(19)18-6-3-14(4-7-18)2-5-15-10-14;/h8,15H,2-7,9-10H2,1H3,(H,16,17);1H. The summed E-state index contributed by atoms with van der Waals surface area (Å²) in [4.78, 5) is 14.2. The third-order valence-electron chi connectivity index (χ3n) is 4.60. The third kappa shape index (κ3) is 3.15. The summed E-state index contributed by atoms with van der Waals surface area (Å²) in [7, 11) is 0. The highest BCUT2D eigenvalue weighted by Gasteiger charge is 2.37. The lowest BCUT2D eigenvalue weighted by molar-refractivity contribution is -0.132. The van der Waals surface area contributed by atoms with Crippen molar-refractivity contribution in [1.29, 1.82) is 0 Å². The second-order valence-corrected chi connectivity index (χ2v) is 6.03. The fourth-order valence-electron chi connectivity index (χ4n) is 3.28. The lowest BCUT2D eigenvalue weighted by Gasteiger charge is -2.38. The van der Waals surface area contributed by atoms with Crippen LogP contribution in [0.3, 0.4) is 0 Å². The third-order valence-corrected chi connectivity index (χ3v) is 4.60. The summed E-state index contributed by atoms with van der Waals surface area (Å²) in [5.74, 6) is 0.215.